The van der Waals surface area contributed by atoms with Gasteiger partial charge in [-0.05, 0) is 25.0 Å². The summed E-state index contributed by atoms with van der Waals surface area (Å²) in [7, 11) is 0. The zero-order chi connectivity index (χ0) is 15.7. The van der Waals surface area contributed by atoms with Gasteiger partial charge in [0.1, 0.15) is 0 Å². The average molecular weight is 325 g/mol. The summed E-state index contributed by atoms with van der Waals surface area (Å²) in [6, 6.07) is 3.17. The molecule has 9 heteroatoms. The van der Waals surface area contributed by atoms with Gasteiger partial charge in [0.25, 0.3) is 0 Å². The molecule has 116 valence electrons. The minimum atomic E-state index is -1.01. The number of rotatable bonds is 5. The SMILES string of the molecule is Nn1c(SCC(=O)Nc2ccc(F)c(F)c2)nnc1C1CC1. The minimum absolute atomic E-state index is 0.0407. The van der Waals surface area contributed by atoms with Gasteiger partial charge >= 0.3 is 0 Å². The van der Waals surface area contributed by atoms with Crippen molar-refractivity contribution in [3.8, 4) is 0 Å². The van der Waals surface area contributed by atoms with Crippen LogP contribution in [0.2, 0.25) is 0 Å². The molecule has 0 unspecified atom stereocenters. The second-order valence-corrected chi connectivity index (χ2v) is 5.89. The zero-order valence-corrected chi connectivity index (χ0v) is 12.2. The fraction of sp³-hybridized carbons (Fsp3) is 0.308. The zero-order valence-electron chi connectivity index (χ0n) is 11.4. The van der Waals surface area contributed by atoms with Crippen molar-refractivity contribution in [2.24, 2.45) is 0 Å². The highest BCUT2D eigenvalue weighted by Crippen LogP contribution is 2.39. The molecule has 1 saturated carbocycles. The number of nitrogen functional groups attached to an aromatic ring is 1. The summed E-state index contributed by atoms with van der Waals surface area (Å²) in [5.74, 6) is 4.65. The Kier molecular flexibility index (Phi) is 3.97. The Labute approximate surface area is 129 Å². The molecule has 1 heterocycles. The molecule has 6 nitrogen and oxygen atoms in total. The number of carbonyl (C=O) groups excluding carboxylic acids is 1. The molecular weight excluding hydrogens is 312 g/mol. The molecule has 22 heavy (non-hydrogen) atoms. The van der Waals surface area contributed by atoms with Crippen LogP contribution >= 0.6 is 11.8 Å². The van der Waals surface area contributed by atoms with Gasteiger partial charge in [0.15, 0.2) is 17.5 Å². The largest absolute Gasteiger partial charge is 0.336 e. The molecule has 0 bridgehead atoms. The fourth-order valence-corrected chi connectivity index (χ4v) is 2.57. The number of hydrogen-bond donors (Lipinski definition) is 2. The molecule has 1 amide bonds. The Balaban J connectivity index is 1.56. The number of nitrogens with zero attached hydrogens (tertiary/aromatic N) is 3. The van der Waals surface area contributed by atoms with Gasteiger partial charge in [-0.15, -0.1) is 10.2 Å². The van der Waals surface area contributed by atoms with E-state index in [-0.39, 0.29) is 17.3 Å². The van der Waals surface area contributed by atoms with Crippen molar-refractivity contribution in [2.75, 3.05) is 16.9 Å². The third-order valence-electron chi connectivity index (χ3n) is 3.17. The second-order valence-electron chi connectivity index (χ2n) is 4.95. The maximum atomic E-state index is 13.0. The predicted molar refractivity (Wildman–Crippen MR) is 77.9 cm³/mol. The summed E-state index contributed by atoms with van der Waals surface area (Å²) in [5, 5.41) is 10.9. The number of amides is 1. The lowest BCUT2D eigenvalue weighted by molar-refractivity contribution is -0.113. The molecule has 1 aromatic heterocycles. The van der Waals surface area contributed by atoms with Crippen molar-refractivity contribution in [1.29, 1.82) is 0 Å². The van der Waals surface area contributed by atoms with Gasteiger partial charge in [0, 0.05) is 17.7 Å². The number of hydrogen-bond acceptors (Lipinski definition) is 5. The van der Waals surface area contributed by atoms with E-state index >= 15 is 0 Å². The summed E-state index contributed by atoms with van der Waals surface area (Å²) in [6.07, 6.45) is 2.10. The highest BCUT2D eigenvalue weighted by Gasteiger charge is 2.30. The number of nitrogens with one attached hydrogen (secondary N) is 1. The van der Waals surface area contributed by atoms with Gasteiger partial charge in [0.05, 0.1) is 5.75 Å². The minimum Gasteiger partial charge on any atom is -0.336 e. The van der Waals surface area contributed by atoms with Crippen LogP contribution in [0.25, 0.3) is 0 Å². The first-order valence-corrected chi connectivity index (χ1v) is 7.61. The van der Waals surface area contributed by atoms with E-state index < -0.39 is 11.6 Å². The third kappa shape index (κ3) is 3.19. The van der Waals surface area contributed by atoms with E-state index in [9.17, 15) is 13.6 Å². The summed E-state index contributed by atoms with van der Waals surface area (Å²) >= 11 is 1.13. The molecule has 1 aromatic carbocycles. The van der Waals surface area contributed by atoms with Crippen LogP contribution in [0.3, 0.4) is 0 Å². The van der Waals surface area contributed by atoms with Crippen LogP contribution in [0.5, 0.6) is 0 Å². The van der Waals surface area contributed by atoms with E-state index in [1.165, 1.54) is 10.7 Å². The Bertz CT molecular complexity index is 716. The van der Waals surface area contributed by atoms with Gasteiger partial charge in [-0.3, -0.25) is 4.79 Å². The first-order valence-electron chi connectivity index (χ1n) is 6.62. The van der Waals surface area contributed by atoms with Gasteiger partial charge < -0.3 is 11.2 Å². The molecule has 0 aliphatic heterocycles. The molecular formula is C13H13F2N5OS. The van der Waals surface area contributed by atoms with E-state index in [4.69, 9.17) is 5.84 Å². The maximum absolute atomic E-state index is 13.0. The lowest BCUT2D eigenvalue weighted by atomic mass is 10.3. The number of benzene rings is 1. The van der Waals surface area contributed by atoms with Crippen molar-refractivity contribution < 1.29 is 13.6 Å². The number of thioether (sulfide) groups is 1. The first kappa shape index (κ1) is 14.8. The molecule has 1 aliphatic carbocycles. The van der Waals surface area contributed by atoms with E-state index in [1.807, 2.05) is 0 Å². The lowest BCUT2D eigenvalue weighted by Gasteiger charge is -2.05. The van der Waals surface area contributed by atoms with E-state index in [0.29, 0.717) is 11.1 Å². The van der Waals surface area contributed by atoms with Crippen LogP contribution in [-0.2, 0) is 4.79 Å². The van der Waals surface area contributed by atoms with Crippen LogP contribution in [0, 0.1) is 11.6 Å². The summed E-state index contributed by atoms with van der Waals surface area (Å²) in [6.45, 7) is 0. The van der Waals surface area contributed by atoms with Crippen LogP contribution in [0.1, 0.15) is 24.6 Å². The lowest BCUT2D eigenvalue weighted by Crippen LogP contribution is -2.17. The third-order valence-corrected chi connectivity index (χ3v) is 4.11. The van der Waals surface area contributed by atoms with Crippen molar-refractivity contribution in [2.45, 2.75) is 23.9 Å². The Morgan fingerprint density at radius 1 is 1.36 bits per heavy atom. The molecule has 0 atom stereocenters. The van der Waals surface area contributed by atoms with E-state index in [1.54, 1.807) is 0 Å². The highest BCUT2D eigenvalue weighted by molar-refractivity contribution is 7.99. The summed E-state index contributed by atoms with van der Waals surface area (Å²) < 4.78 is 27.2. The molecule has 3 N–H and O–H groups in total. The van der Waals surface area contributed by atoms with Gasteiger partial charge in [0.2, 0.25) is 11.1 Å². The predicted octanol–water partition coefficient (Wildman–Crippen LogP) is 1.88. The van der Waals surface area contributed by atoms with E-state index in [0.717, 1.165) is 42.6 Å². The summed E-state index contributed by atoms with van der Waals surface area (Å²) in [4.78, 5) is 11.8. The van der Waals surface area contributed by atoms with Gasteiger partial charge in [-0.2, -0.15) is 0 Å². The molecule has 0 saturated heterocycles. The van der Waals surface area contributed by atoms with Crippen LogP contribution in [0.15, 0.2) is 23.4 Å². The molecule has 1 fully saturated rings. The normalized spacial score (nSPS) is 14.1. The molecule has 0 spiro atoms. The van der Waals surface area contributed by atoms with Crippen LogP contribution in [0.4, 0.5) is 14.5 Å². The first-order chi connectivity index (χ1) is 10.5. The smallest absolute Gasteiger partial charge is 0.234 e. The molecule has 0 radical (unpaired) electrons. The Hall–Kier alpha value is -2.16. The molecule has 1 aliphatic rings. The highest BCUT2D eigenvalue weighted by atomic mass is 32.2. The van der Waals surface area contributed by atoms with Crippen molar-refractivity contribution in [1.82, 2.24) is 14.9 Å². The monoisotopic (exact) mass is 325 g/mol. The Morgan fingerprint density at radius 2 is 2.14 bits per heavy atom. The number of aromatic nitrogens is 3. The van der Waals surface area contributed by atoms with Crippen molar-refractivity contribution in [3.05, 3.63) is 35.7 Å². The number of halogens is 2. The Morgan fingerprint density at radius 3 is 2.82 bits per heavy atom. The van der Waals surface area contributed by atoms with Crippen LogP contribution in [-0.4, -0.2) is 26.5 Å². The van der Waals surface area contributed by atoms with Crippen molar-refractivity contribution in [3.63, 3.8) is 0 Å². The topological polar surface area (TPSA) is 85.8 Å². The fourth-order valence-electron chi connectivity index (χ4n) is 1.91. The molecule has 2 aromatic rings. The quantitative estimate of drug-likeness (QED) is 0.647. The average Bonchev–Trinajstić information content (AvgIpc) is 3.25. The number of carbonyl (C=O) groups is 1. The standard InChI is InChI=1S/C13H13F2N5OS/c14-9-4-3-8(5-10(9)15)17-11(21)6-22-13-19-18-12(20(13)16)7-1-2-7/h3-5,7H,1-2,6,16H2,(H,17,21). The molecule has 3 rings (SSSR count). The van der Waals surface area contributed by atoms with E-state index in [2.05, 4.69) is 15.5 Å². The van der Waals surface area contributed by atoms with Crippen LogP contribution < -0.4 is 11.2 Å². The summed E-state index contributed by atoms with van der Waals surface area (Å²) in [5.41, 5.74) is 0.192. The number of nitrogens with two attached hydrogens (primary N) is 1. The maximum Gasteiger partial charge on any atom is 0.234 e. The number of anilines is 1. The van der Waals surface area contributed by atoms with Crippen molar-refractivity contribution >= 4 is 23.4 Å². The van der Waals surface area contributed by atoms with Gasteiger partial charge in [-0.1, -0.05) is 11.8 Å². The second kappa shape index (κ2) is 5.91. The van der Waals surface area contributed by atoms with Gasteiger partial charge in [-0.25, -0.2) is 13.5 Å².